The number of hydrogen-bond donors (Lipinski definition) is 2. The van der Waals surface area contributed by atoms with Gasteiger partial charge in [0.15, 0.2) is 0 Å². The van der Waals surface area contributed by atoms with Gasteiger partial charge in [-0.3, -0.25) is 9.78 Å². The lowest BCUT2D eigenvalue weighted by molar-refractivity contribution is 0.102. The number of carbonyl (C=O) groups excluding carboxylic acids is 1. The van der Waals surface area contributed by atoms with Crippen LogP contribution in [0.3, 0.4) is 0 Å². The van der Waals surface area contributed by atoms with Crippen LogP contribution < -0.4 is 11.1 Å². The van der Waals surface area contributed by atoms with E-state index in [-0.39, 0.29) is 11.5 Å². The number of aryl methyl sites for hydroxylation is 1. The Kier molecular flexibility index (Phi) is 3.23. The van der Waals surface area contributed by atoms with E-state index in [1.807, 2.05) is 0 Å². The molecule has 2 aromatic rings. The maximum Gasteiger partial charge on any atom is 0.274 e. The molecular formula is C13H12FN3O. The molecule has 0 saturated carbocycles. The van der Waals surface area contributed by atoms with Crippen LogP contribution in [0.4, 0.5) is 15.8 Å². The second-order valence-electron chi connectivity index (χ2n) is 3.89. The lowest BCUT2D eigenvalue weighted by atomic mass is 10.2. The van der Waals surface area contributed by atoms with E-state index >= 15 is 0 Å². The van der Waals surface area contributed by atoms with Crippen molar-refractivity contribution in [2.75, 3.05) is 11.1 Å². The number of pyridine rings is 1. The normalized spacial score (nSPS) is 10.1. The molecule has 1 aromatic heterocycles. The summed E-state index contributed by atoms with van der Waals surface area (Å²) in [5, 5.41) is 2.56. The number of hydrogen-bond acceptors (Lipinski definition) is 3. The fourth-order valence-corrected chi connectivity index (χ4v) is 1.44. The molecular weight excluding hydrogens is 233 g/mol. The molecule has 0 fully saturated rings. The molecule has 4 nitrogen and oxygen atoms in total. The summed E-state index contributed by atoms with van der Waals surface area (Å²) in [6, 6.07) is 7.53. The van der Waals surface area contributed by atoms with E-state index in [1.165, 1.54) is 18.3 Å². The lowest BCUT2D eigenvalue weighted by Crippen LogP contribution is -2.14. The summed E-state index contributed by atoms with van der Waals surface area (Å²) in [5.41, 5.74) is 7.10. The zero-order valence-corrected chi connectivity index (χ0v) is 9.77. The van der Waals surface area contributed by atoms with Crippen LogP contribution in [0.25, 0.3) is 0 Å². The van der Waals surface area contributed by atoms with Gasteiger partial charge in [-0.2, -0.15) is 0 Å². The Bertz CT molecular complexity index is 599. The molecule has 5 heteroatoms. The van der Waals surface area contributed by atoms with Crippen molar-refractivity contribution in [2.45, 2.75) is 6.92 Å². The summed E-state index contributed by atoms with van der Waals surface area (Å²) < 4.78 is 13.3. The van der Waals surface area contributed by atoms with Crippen LogP contribution in [0.1, 0.15) is 16.1 Å². The highest BCUT2D eigenvalue weighted by atomic mass is 19.1. The number of nitrogens with two attached hydrogens (primary N) is 1. The third kappa shape index (κ3) is 2.63. The van der Waals surface area contributed by atoms with Gasteiger partial charge in [0.1, 0.15) is 11.5 Å². The van der Waals surface area contributed by atoms with Crippen LogP contribution in [0.2, 0.25) is 0 Å². The quantitative estimate of drug-likeness (QED) is 0.853. The van der Waals surface area contributed by atoms with Crippen molar-refractivity contribution < 1.29 is 9.18 Å². The van der Waals surface area contributed by atoms with Crippen LogP contribution in [-0.4, -0.2) is 10.9 Å². The minimum atomic E-state index is -0.425. The topological polar surface area (TPSA) is 68.0 Å². The summed E-state index contributed by atoms with van der Waals surface area (Å²) in [6.07, 6.45) is 1.44. The summed E-state index contributed by atoms with van der Waals surface area (Å²) in [5.74, 6) is -0.793. The monoisotopic (exact) mass is 245 g/mol. The predicted octanol–water partition coefficient (Wildman–Crippen LogP) is 2.36. The molecule has 2 rings (SSSR count). The van der Waals surface area contributed by atoms with Gasteiger partial charge < -0.3 is 11.1 Å². The molecule has 0 aliphatic heterocycles. The van der Waals surface area contributed by atoms with E-state index in [0.717, 1.165) is 0 Å². The minimum Gasteiger partial charge on any atom is -0.399 e. The van der Waals surface area contributed by atoms with Crippen LogP contribution in [0, 0.1) is 12.7 Å². The van der Waals surface area contributed by atoms with Crippen molar-refractivity contribution in [1.82, 2.24) is 4.98 Å². The molecule has 0 radical (unpaired) electrons. The van der Waals surface area contributed by atoms with Crippen molar-refractivity contribution >= 4 is 17.3 Å². The minimum absolute atomic E-state index is 0.191. The van der Waals surface area contributed by atoms with Gasteiger partial charge in [0.2, 0.25) is 0 Å². The number of anilines is 2. The summed E-state index contributed by atoms with van der Waals surface area (Å²) in [6.45, 7) is 1.65. The SMILES string of the molecule is Cc1ccc(NC(=O)c2cc(N)ccn2)cc1F. The molecule has 0 spiro atoms. The standard InChI is InChI=1S/C13H12FN3O/c1-8-2-3-10(7-11(8)14)17-13(18)12-6-9(15)4-5-16-12/h2-7H,1H3,(H2,15,16)(H,17,18). The molecule has 3 N–H and O–H groups in total. The smallest absolute Gasteiger partial charge is 0.274 e. The molecule has 1 heterocycles. The number of rotatable bonds is 2. The number of nitrogens with one attached hydrogen (secondary N) is 1. The van der Waals surface area contributed by atoms with E-state index in [0.29, 0.717) is 16.9 Å². The zero-order valence-electron chi connectivity index (χ0n) is 9.77. The molecule has 1 amide bonds. The highest BCUT2D eigenvalue weighted by Gasteiger charge is 2.08. The van der Waals surface area contributed by atoms with Crippen molar-refractivity contribution in [3.8, 4) is 0 Å². The van der Waals surface area contributed by atoms with Crippen molar-refractivity contribution in [3.05, 3.63) is 53.6 Å². The van der Waals surface area contributed by atoms with E-state index in [9.17, 15) is 9.18 Å². The summed E-state index contributed by atoms with van der Waals surface area (Å²) in [7, 11) is 0. The molecule has 0 bridgehead atoms. The van der Waals surface area contributed by atoms with Gasteiger partial charge in [-0.1, -0.05) is 6.07 Å². The molecule has 0 unspecified atom stereocenters. The van der Waals surface area contributed by atoms with Crippen LogP contribution in [0.5, 0.6) is 0 Å². The maximum atomic E-state index is 13.3. The average molecular weight is 245 g/mol. The Morgan fingerprint density at radius 3 is 2.78 bits per heavy atom. The highest BCUT2D eigenvalue weighted by Crippen LogP contribution is 2.14. The van der Waals surface area contributed by atoms with Gasteiger partial charge in [0.25, 0.3) is 5.91 Å². The Hall–Kier alpha value is -2.43. The van der Waals surface area contributed by atoms with Gasteiger partial charge in [-0.05, 0) is 36.8 Å². The zero-order chi connectivity index (χ0) is 13.1. The van der Waals surface area contributed by atoms with Gasteiger partial charge in [0, 0.05) is 17.6 Å². The number of nitrogen functional groups attached to an aromatic ring is 1. The average Bonchev–Trinajstić information content (AvgIpc) is 2.34. The first-order chi connectivity index (χ1) is 8.56. The predicted molar refractivity (Wildman–Crippen MR) is 67.7 cm³/mol. The van der Waals surface area contributed by atoms with Crippen molar-refractivity contribution in [3.63, 3.8) is 0 Å². The number of nitrogens with zero attached hydrogens (tertiary/aromatic N) is 1. The van der Waals surface area contributed by atoms with E-state index in [4.69, 9.17) is 5.73 Å². The van der Waals surface area contributed by atoms with E-state index < -0.39 is 5.91 Å². The van der Waals surface area contributed by atoms with Gasteiger partial charge in [-0.25, -0.2) is 4.39 Å². The van der Waals surface area contributed by atoms with Crippen LogP contribution in [-0.2, 0) is 0 Å². The van der Waals surface area contributed by atoms with Gasteiger partial charge in [0.05, 0.1) is 0 Å². The number of amides is 1. The summed E-state index contributed by atoms with van der Waals surface area (Å²) >= 11 is 0. The second-order valence-corrected chi connectivity index (χ2v) is 3.89. The number of benzene rings is 1. The Balaban J connectivity index is 2.18. The molecule has 0 atom stereocenters. The van der Waals surface area contributed by atoms with Crippen molar-refractivity contribution in [2.24, 2.45) is 0 Å². The molecule has 0 aliphatic rings. The first-order valence-corrected chi connectivity index (χ1v) is 5.35. The first kappa shape index (κ1) is 12.0. The molecule has 1 aromatic carbocycles. The summed E-state index contributed by atoms with van der Waals surface area (Å²) in [4.78, 5) is 15.7. The fourth-order valence-electron chi connectivity index (χ4n) is 1.44. The molecule has 92 valence electrons. The molecule has 0 saturated heterocycles. The third-order valence-corrected chi connectivity index (χ3v) is 2.45. The molecule has 18 heavy (non-hydrogen) atoms. The van der Waals surface area contributed by atoms with Gasteiger partial charge >= 0.3 is 0 Å². The fraction of sp³-hybridized carbons (Fsp3) is 0.0769. The first-order valence-electron chi connectivity index (χ1n) is 5.35. The maximum absolute atomic E-state index is 13.3. The van der Waals surface area contributed by atoms with Crippen LogP contribution in [0.15, 0.2) is 36.5 Å². The van der Waals surface area contributed by atoms with Crippen molar-refractivity contribution in [1.29, 1.82) is 0 Å². The Morgan fingerprint density at radius 1 is 1.33 bits per heavy atom. The van der Waals surface area contributed by atoms with E-state index in [2.05, 4.69) is 10.3 Å². The second kappa shape index (κ2) is 4.83. The number of aromatic nitrogens is 1. The number of carbonyl (C=O) groups is 1. The molecule has 0 aliphatic carbocycles. The van der Waals surface area contributed by atoms with Crippen LogP contribution >= 0.6 is 0 Å². The Labute approximate surface area is 104 Å². The highest BCUT2D eigenvalue weighted by molar-refractivity contribution is 6.03. The lowest BCUT2D eigenvalue weighted by Gasteiger charge is -2.06. The number of halogens is 1. The largest absolute Gasteiger partial charge is 0.399 e. The van der Waals surface area contributed by atoms with E-state index in [1.54, 1.807) is 25.1 Å². The Morgan fingerprint density at radius 2 is 2.11 bits per heavy atom. The third-order valence-electron chi connectivity index (χ3n) is 2.45. The van der Waals surface area contributed by atoms with Gasteiger partial charge in [-0.15, -0.1) is 0 Å².